The van der Waals surface area contributed by atoms with Crippen LogP contribution in [0.15, 0.2) is 53.5 Å². The summed E-state index contributed by atoms with van der Waals surface area (Å²) >= 11 is 0. The number of methoxy groups -OCH3 is 1. The van der Waals surface area contributed by atoms with E-state index in [1.807, 2.05) is 48.8 Å². The van der Waals surface area contributed by atoms with Crippen LogP contribution in [0.3, 0.4) is 0 Å². The lowest BCUT2D eigenvalue weighted by molar-refractivity contribution is -0.135. The molecule has 456 valence electrons. The molecule has 0 radical (unpaired) electrons. The number of imidazole rings is 1. The van der Waals surface area contributed by atoms with Crippen molar-refractivity contribution in [2.45, 2.75) is 102 Å². The monoisotopic (exact) mass is 1180 g/mol. The number of pyridine rings is 1. The van der Waals surface area contributed by atoms with Gasteiger partial charge in [-0.1, -0.05) is 12.0 Å². The number of imide groups is 1. The number of nitrogens with one attached hydrogen (secondary N) is 1. The number of aryl methyl sites for hydroxylation is 1. The van der Waals surface area contributed by atoms with Crippen LogP contribution in [0, 0.1) is 29.9 Å². The fraction of sp³-hybridized carbons (Fsp3) is 0.540. The molecule has 6 fully saturated rings. The average molecular weight is 1190 g/mol. The number of nitrogens with zero attached hydrogens (tertiary/aromatic N) is 11. The number of carbonyl (C=O) groups excluding carboxylic acids is 3. The molecule has 3 amide bonds. The number of anilines is 2. The second kappa shape index (κ2) is 24.0. The van der Waals surface area contributed by atoms with E-state index < -0.39 is 34.9 Å². The lowest BCUT2D eigenvalue weighted by Gasteiger charge is -2.43. The fourth-order valence-electron chi connectivity index (χ4n) is 13.8. The van der Waals surface area contributed by atoms with Gasteiger partial charge in [0, 0.05) is 128 Å². The van der Waals surface area contributed by atoms with Gasteiger partial charge in [-0.05, 0) is 113 Å². The van der Waals surface area contributed by atoms with Crippen LogP contribution in [0.25, 0.3) is 44.0 Å². The zero-order valence-electron chi connectivity index (χ0n) is 49.6. The van der Waals surface area contributed by atoms with Gasteiger partial charge in [0.2, 0.25) is 11.8 Å². The van der Waals surface area contributed by atoms with Gasteiger partial charge in [0.05, 0.1) is 34.1 Å². The Bertz CT molecular complexity index is 3680. The number of piperidine rings is 3. The largest absolute Gasteiger partial charge is 0.468 e. The molecule has 2 bridgehead atoms. The standard InChI is InChI=1S/C63H75F3N12O8/c1-7-45-48(64)12-8-40-30-44(85-38-83-6)32-46(53(40)45)55-54(65)56-47(33-67-55)57(76-35-42-9-10-43(36-76)77(42)61(82)86-62(2,3)4)70-59(69-56)84-29-28-72-22-18-63(66,19-23-72)37-74-26-24-73(25-27-74)34-39-16-20-75(21-17-39)41-11-13-49-51(31-41)71(5)60(81)78(49)50-14-15-52(79)68-58(50)80/h1,8,11-13,30-33,39,42-43,50H,9-10,14-29,34-38H2,2-6H3,(H,68,79,80). The van der Waals surface area contributed by atoms with Crippen LogP contribution in [-0.2, 0) is 26.1 Å². The molecule has 0 spiro atoms. The van der Waals surface area contributed by atoms with Gasteiger partial charge in [-0.15, -0.1) is 6.42 Å². The molecule has 6 aromatic rings. The van der Waals surface area contributed by atoms with Gasteiger partial charge in [-0.25, -0.2) is 22.8 Å². The van der Waals surface area contributed by atoms with Crippen LogP contribution in [0.1, 0.15) is 83.7 Å². The lowest BCUT2D eigenvalue weighted by Crippen LogP contribution is -2.57. The van der Waals surface area contributed by atoms with E-state index in [-0.39, 0.29) is 83.3 Å². The minimum Gasteiger partial charge on any atom is -0.468 e. The van der Waals surface area contributed by atoms with Gasteiger partial charge < -0.3 is 33.6 Å². The molecular weight excluding hydrogens is 1110 g/mol. The van der Waals surface area contributed by atoms with E-state index in [4.69, 9.17) is 30.4 Å². The molecule has 3 unspecified atom stereocenters. The molecule has 3 aromatic heterocycles. The second-order valence-electron chi connectivity index (χ2n) is 25.1. The summed E-state index contributed by atoms with van der Waals surface area (Å²) in [5.74, 6) is 1.49. The van der Waals surface area contributed by atoms with Crippen molar-refractivity contribution in [2.75, 3.05) is 115 Å². The van der Waals surface area contributed by atoms with Crippen molar-refractivity contribution in [3.63, 3.8) is 0 Å². The van der Waals surface area contributed by atoms with Gasteiger partial charge in [0.1, 0.15) is 52.5 Å². The zero-order chi connectivity index (χ0) is 60.2. The van der Waals surface area contributed by atoms with Crippen LogP contribution in [0.5, 0.6) is 11.8 Å². The summed E-state index contributed by atoms with van der Waals surface area (Å²) < 4.78 is 75.8. The fourth-order valence-corrected chi connectivity index (χ4v) is 13.8. The van der Waals surface area contributed by atoms with Crippen LogP contribution in [0.4, 0.5) is 29.5 Å². The van der Waals surface area contributed by atoms with Gasteiger partial charge in [0.15, 0.2) is 12.6 Å². The molecule has 9 heterocycles. The summed E-state index contributed by atoms with van der Waals surface area (Å²) in [7, 11) is 3.20. The number of benzene rings is 3. The summed E-state index contributed by atoms with van der Waals surface area (Å²) in [5.41, 5.74) is 0.131. The average Bonchev–Trinajstić information content (AvgIpc) is 1.67. The molecular formula is C63H75F3N12O8. The summed E-state index contributed by atoms with van der Waals surface area (Å²) in [6.45, 7) is 14.5. The summed E-state index contributed by atoms with van der Waals surface area (Å²) in [4.78, 5) is 78.7. The highest BCUT2D eigenvalue weighted by atomic mass is 19.1. The Kier molecular flexibility index (Phi) is 16.4. The predicted molar refractivity (Wildman–Crippen MR) is 319 cm³/mol. The van der Waals surface area contributed by atoms with E-state index in [2.05, 4.69) is 40.8 Å². The number of aromatic nitrogens is 5. The minimum absolute atomic E-state index is 0.0567. The molecule has 20 nitrogen and oxygen atoms in total. The number of amides is 3. The van der Waals surface area contributed by atoms with Crippen molar-refractivity contribution in [3.8, 4) is 35.4 Å². The molecule has 12 rings (SSSR count). The van der Waals surface area contributed by atoms with E-state index in [1.165, 1.54) is 23.9 Å². The normalized spacial score (nSPS) is 21.8. The third-order valence-electron chi connectivity index (χ3n) is 18.3. The van der Waals surface area contributed by atoms with E-state index in [0.29, 0.717) is 92.3 Å². The third kappa shape index (κ3) is 11.9. The van der Waals surface area contributed by atoms with Crippen LogP contribution >= 0.6 is 0 Å². The molecule has 6 aliphatic heterocycles. The van der Waals surface area contributed by atoms with Crippen molar-refractivity contribution < 1.29 is 46.5 Å². The number of ether oxygens (including phenoxy) is 4. The number of rotatable bonds is 15. The number of alkyl halides is 1. The predicted octanol–water partition coefficient (Wildman–Crippen LogP) is 7.02. The second-order valence-corrected chi connectivity index (χ2v) is 25.1. The molecule has 3 aromatic carbocycles. The molecule has 86 heavy (non-hydrogen) atoms. The number of hydrogen-bond acceptors (Lipinski definition) is 16. The molecule has 6 saturated heterocycles. The first-order chi connectivity index (χ1) is 41.3. The molecule has 0 aliphatic carbocycles. The first-order valence-electron chi connectivity index (χ1n) is 30.1. The van der Waals surface area contributed by atoms with Crippen molar-refractivity contribution in [3.05, 3.63) is 76.3 Å². The Balaban J connectivity index is 0.667. The maximum absolute atomic E-state index is 17.6. The van der Waals surface area contributed by atoms with Crippen molar-refractivity contribution in [2.24, 2.45) is 13.0 Å². The van der Waals surface area contributed by atoms with Crippen molar-refractivity contribution in [1.29, 1.82) is 0 Å². The van der Waals surface area contributed by atoms with E-state index in [9.17, 15) is 19.2 Å². The first-order valence-corrected chi connectivity index (χ1v) is 30.1. The highest BCUT2D eigenvalue weighted by molar-refractivity contribution is 6.03. The highest BCUT2D eigenvalue weighted by Gasteiger charge is 2.46. The quantitative estimate of drug-likeness (QED) is 0.0628. The lowest BCUT2D eigenvalue weighted by atomic mass is 9.92. The van der Waals surface area contributed by atoms with Gasteiger partial charge in [0.25, 0.3) is 0 Å². The maximum atomic E-state index is 17.6. The molecule has 23 heteroatoms. The number of fused-ring (bicyclic) bond motifs is 5. The zero-order valence-corrected chi connectivity index (χ0v) is 49.6. The number of carbonyl (C=O) groups is 3. The Morgan fingerprint density at radius 1 is 0.849 bits per heavy atom. The number of piperazine rings is 2. The number of likely N-dealkylation sites (tertiary alicyclic amines) is 1. The highest BCUT2D eigenvalue weighted by Crippen LogP contribution is 2.41. The van der Waals surface area contributed by atoms with Gasteiger partial charge >= 0.3 is 17.8 Å². The smallest absolute Gasteiger partial charge is 0.410 e. The van der Waals surface area contributed by atoms with Crippen LogP contribution in [0.2, 0.25) is 0 Å². The molecule has 1 N–H and O–H groups in total. The Hall–Kier alpha value is -7.52. The van der Waals surface area contributed by atoms with Gasteiger partial charge in [-0.3, -0.25) is 43.7 Å². The summed E-state index contributed by atoms with van der Waals surface area (Å²) in [5, 5.41) is 3.48. The van der Waals surface area contributed by atoms with Gasteiger partial charge in [-0.2, -0.15) is 9.97 Å². The topological polar surface area (TPSA) is 185 Å². The van der Waals surface area contributed by atoms with E-state index >= 15 is 13.2 Å². The Morgan fingerprint density at radius 3 is 2.28 bits per heavy atom. The van der Waals surface area contributed by atoms with Crippen molar-refractivity contribution in [1.82, 2.24) is 49.0 Å². The third-order valence-corrected chi connectivity index (χ3v) is 18.3. The number of terminal acetylenes is 1. The molecule has 6 aliphatic rings. The van der Waals surface area contributed by atoms with E-state index in [1.54, 1.807) is 29.8 Å². The van der Waals surface area contributed by atoms with Crippen molar-refractivity contribution >= 4 is 62.1 Å². The van der Waals surface area contributed by atoms with E-state index in [0.717, 1.165) is 82.7 Å². The number of hydrogen-bond donors (Lipinski definition) is 1. The van der Waals surface area contributed by atoms with Crippen LogP contribution < -0.4 is 30.3 Å². The molecule has 0 saturated carbocycles. The number of halogens is 3. The summed E-state index contributed by atoms with van der Waals surface area (Å²) in [6.07, 6.45) is 11.8. The first kappa shape index (κ1) is 58.8. The SMILES string of the molecule is C#Cc1c(F)ccc2cc(OCOC)cc(-c3ncc4c(N5CC6CCC(C5)N6C(=O)OC(C)(C)C)nc(OCCN5CCC(F)(CN6CCN(CC7CCN(c8ccc9c(c8)n(C)c(=O)n9C8CCC(=O)NC8=O)CC7)CC6)CC5)nc4c3F)c12. The minimum atomic E-state index is -1.32. The maximum Gasteiger partial charge on any atom is 0.410 e. The molecule has 3 atom stereocenters. The Morgan fingerprint density at radius 2 is 1.58 bits per heavy atom. The van der Waals surface area contributed by atoms with Crippen LogP contribution in [-0.4, -0.2) is 191 Å². The summed E-state index contributed by atoms with van der Waals surface area (Å²) in [6, 6.07) is 10.8. The Labute approximate surface area is 497 Å².